The third kappa shape index (κ3) is 2.62. The molecule has 3 N–H and O–H groups in total. The van der Waals surface area contributed by atoms with Crippen LogP contribution in [0.1, 0.15) is 5.76 Å². The van der Waals surface area contributed by atoms with Gasteiger partial charge in [0, 0.05) is 16.1 Å². The Bertz CT molecular complexity index is 772. The van der Waals surface area contributed by atoms with Crippen LogP contribution in [0.2, 0.25) is 0 Å². The number of carbonyl (C=O) groups excluding carboxylic acids is 1. The predicted molar refractivity (Wildman–Crippen MR) is 83.3 cm³/mol. The molecule has 0 radical (unpaired) electrons. The summed E-state index contributed by atoms with van der Waals surface area (Å²) in [6, 6.07) is 11.5. The first-order valence-electron chi connectivity index (χ1n) is 6.29. The molecule has 1 aromatic heterocycles. The first kappa shape index (κ1) is 13.6. The summed E-state index contributed by atoms with van der Waals surface area (Å²) in [6.45, 7) is 0. The minimum absolute atomic E-state index is 0.239. The first-order valence-corrected chi connectivity index (χ1v) is 7.09. The number of furan rings is 1. The van der Waals surface area contributed by atoms with Gasteiger partial charge in [-0.25, -0.2) is 14.7 Å². The molecule has 0 saturated carbocycles. The van der Waals surface area contributed by atoms with Gasteiger partial charge in [0.15, 0.2) is 5.70 Å². The quantitative estimate of drug-likeness (QED) is 0.646. The van der Waals surface area contributed by atoms with Crippen LogP contribution in [-0.4, -0.2) is 23.5 Å². The molecule has 2 aromatic rings. The summed E-state index contributed by atoms with van der Waals surface area (Å²) in [5, 5.41) is 2.55. The van der Waals surface area contributed by atoms with Crippen LogP contribution in [0.3, 0.4) is 0 Å². The smallest absolute Gasteiger partial charge is 0.356 e. The number of hydrogen-bond acceptors (Lipinski definition) is 3. The van der Waals surface area contributed by atoms with Gasteiger partial charge in [0.1, 0.15) is 11.5 Å². The molecule has 0 aliphatic carbocycles. The summed E-state index contributed by atoms with van der Waals surface area (Å²) in [7, 11) is 1.72. The number of rotatable bonds is 2. The molecule has 5 nitrogen and oxygen atoms in total. The molecule has 0 bridgehead atoms. The summed E-state index contributed by atoms with van der Waals surface area (Å²) in [5.74, 6) is 1.41. The van der Waals surface area contributed by atoms with E-state index in [9.17, 15) is 4.79 Å². The Morgan fingerprint density at radius 1 is 1.24 bits per heavy atom. The maximum atomic E-state index is 11.7. The van der Waals surface area contributed by atoms with Crippen molar-refractivity contribution in [2.75, 3.05) is 7.05 Å². The van der Waals surface area contributed by atoms with Crippen molar-refractivity contribution in [3.63, 3.8) is 0 Å². The van der Waals surface area contributed by atoms with Crippen molar-refractivity contribution >= 4 is 33.9 Å². The Balaban J connectivity index is 1.93. The number of amides is 1. The highest BCUT2D eigenvalue weighted by atomic mass is 79.9. The SMILES string of the molecule is C[N+]1=C(N)NC(=O)/C1=C/c1ccc(-c2ccc(Br)cc2)o1. The molecule has 0 atom stereocenters. The lowest BCUT2D eigenvalue weighted by molar-refractivity contribution is -0.432. The molecule has 106 valence electrons. The number of likely N-dealkylation sites (N-methyl/N-ethyl adjacent to an activating group) is 1. The van der Waals surface area contributed by atoms with Crippen LogP contribution in [-0.2, 0) is 4.79 Å². The standard InChI is InChI=1S/C15H12BrN3O2/c1-19-12(14(20)18-15(19)17)8-11-6-7-13(21-11)9-2-4-10(16)5-3-9/h2-8H,1H3,(H2,17,18,20)/p+1/b12-8-. The molecule has 2 heterocycles. The van der Waals surface area contributed by atoms with Crippen LogP contribution >= 0.6 is 15.9 Å². The van der Waals surface area contributed by atoms with Gasteiger partial charge in [-0.2, -0.15) is 0 Å². The Labute approximate surface area is 129 Å². The van der Waals surface area contributed by atoms with E-state index in [-0.39, 0.29) is 5.91 Å². The van der Waals surface area contributed by atoms with Gasteiger partial charge < -0.3 is 4.42 Å². The third-order valence-corrected chi connectivity index (χ3v) is 3.76. The monoisotopic (exact) mass is 346 g/mol. The average Bonchev–Trinajstić information content (AvgIpc) is 3.01. The van der Waals surface area contributed by atoms with Crippen LogP contribution in [0.5, 0.6) is 0 Å². The molecular weight excluding hydrogens is 334 g/mol. The third-order valence-electron chi connectivity index (χ3n) is 3.23. The largest absolute Gasteiger partial charge is 0.457 e. The van der Waals surface area contributed by atoms with Crippen molar-refractivity contribution in [3.05, 3.63) is 52.3 Å². The van der Waals surface area contributed by atoms with Gasteiger partial charge in [0.05, 0.1) is 7.05 Å². The molecule has 1 aliphatic rings. The summed E-state index contributed by atoms with van der Waals surface area (Å²) in [5.41, 5.74) is 7.08. The molecule has 0 fully saturated rings. The maximum absolute atomic E-state index is 11.7. The Kier molecular flexibility index (Phi) is 3.39. The van der Waals surface area contributed by atoms with Crippen LogP contribution in [0, 0.1) is 0 Å². The minimum atomic E-state index is -0.239. The highest BCUT2D eigenvalue weighted by Gasteiger charge is 2.29. The summed E-state index contributed by atoms with van der Waals surface area (Å²) < 4.78 is 8.35. The summed E-state index contributed by atoms with van der Waals surface area (Å²) >= 11 is 3.40. The van der Waals surface area contributed by atoms with Gasteiger partial charge in [0.2, 0.25) is 0 Å². The number of guanidine groups is 1. The van der Waals surface area contributed by atoms with Crippen molar-refractivity contribution in [1.82, 2.24) is 5.32 Å². The Morgan fingerprint density at radius 2 is 1.95 bits per heavy atom. The van der Waals surface area contributed by atoms with E-state index in [0.29, 0.717) is 17.4 Å². The average molecular weight is 347 g/mol. The Morgan fingerprint density at radius 3 is 2.57 bits per heavy atom. The molecule has 1 aromatic carbocycles. The molecule has 1 amide bonds. The van der Waals surface area contributed by atoms with Crippen molar-refractivity contribution in [2.24, 2.45) is 5.73 Å². The molecule has 6 heteroatoms. The van der Waals surface area contributed by atoms with Crippen molar-refractivity contribution < 1.29 is 13.8 Å². The van der Waals surface area contributed by atoms with E-state index in [1.165, 1.54) is 0 Å². The van der Waals surface area contributed by atoms with E-state index < -0.39 is 0 Å². The lowest BCUT2D eigenvalue weighted by Gasteiger charge is -1.97. The van der Waals surface area contributed by atoms with Crippen LogP contribution in [0.25, 0.3) is 17.4 Å². The highest BCUT2D eigenvalue weighted by molar-refractivity contribution is 9.10. The molecule has 0 saturated heterocycles. The number of hydrogen-bond donors (Lipinski definition) is 2. The second-order valence-corrected chi connectivity index (χ2v) is 5.55. The summed E-state index contributed by atoms with van der Waals surface area (Å²) in [4.78, 5) is 11.7. The number of benzene rings is 1. The molecule has 1 aliphatic heterocycles. The van der Waals surface area contributed by atoms with Crippen molar-refractivity contribution in [3.8, 4) is 11.3 Å². The Hall–Kier alpha value is -2.34. The van der Waals surface area contributed by atoms with Crippen molar-refractivity contribution in [1.29, 1.82) is 0 Å². The van der Waals surface area contributed by atoms with Gasteiger partial charge in [0.25, 0.3) is 0 Å². The van der Waals surface area contributed by atoms with Gasteiger partial charge in [-0.1, -0.05) is 28.1 Å². The van der Waals surface area contributed by atoms with Crippen LogP contribution in [0.4, 0.5) is 0 Å². The first-order chi connectivity index (χ1) is 10.0. The predicted octanol–water partition coefficient (Wildman–Crippen LogP) is 2.14. The zero-order chi connectivity index (χ0) is 15.0. The van der Waals surface area contributed by atoms with Crippen LogP contribution in [0.15, 0.2) is 51.0 Å². The lowest BCUT2D eigenvalue weighted by atomic mass is 10.2. The summed E-state index contributed by atoms with van der Waals surface area (Å²) in [6.07, 6.45) is 1.66. The lowest BCUT2D eigenvalue weighted by Crippen LogP contribution is -2.32. The van der Waals surface area contributed by atoms with Gasteiger partial charge in [-0.05, 0) is 24.3 Å². The maximum Gasteiger partial charge on any atom is 0.356 e. The molecule has 21 heavy (non-hydrogen) atoms. The highest BCUT2D eigenvalue weighted by Crippen LogP contribution is 2.25. The van der Waals surface area contributed by atoms with E-state index in [1.807, 2.05) is 36.4 Å². The van der Waals surface area contributed by atoms with Crippen molar-refractivity contribution in [2.45, 2.75) is 0 Å². The fourth-order valence-corrected chi connectivity index (χ4v) is 2.31. The topological polar surface area (TPSA) is 71.3 Å². The molecule has 0 unspecified atom stereocenters. The number of nitrogens with two attached hydrogens (primary N) is 1. The second kappa shape index (κ2) is 5.21. The molecule has 3 rings (SSSR count). The normalized spacial score (nSPS) is 16.7. The van der Waals surface area contributed by atoms with E-state index >= 15 is 0 Å². The number of nitrogens with zero attached hydrogens (tertiary/aromatic N) is 1. The number of halogens is 1. The fraction of sp³-hybridized carbons (Fsp3) is 0.0667. The number of carbonyl (C=O) groups is 1. The number of nitrogens with one attached hydrogen (secondary N) is 1. The zero-order valence-corrected chi connectivity index (χ0v) is 12.8. The van der Waals surface area contributed by atoms with E-state index in [1.54, 1.807) is 17.7 Å². The van der Waals surface area contributed by atoms with E-state index in [2.05, 4.69) is 21.2 Å². The molecule has 0 spiro atoms. The van der Waals surface area contributed by atoms with Gasteiger partial charge in [-0.15, -0.1) is 0 Å². The molecular formula is C15H13BrN3O2+. The fourth-order valence-electron chi connectivity index (χ4n) is 2.04. The van der Waals surface area contributed by atoms with E-state index in [4.69, 9.17) is 10.2 Å². The van der Waals surface area contributed by atoms with Gasteiger partial charge >= 0.3 is 11.9 Å². The van der Waals surface area contributed by atoms with E-state index in [0.717, 1.165) is 15.8 Å². The van der Waals surface area contributed by atoms with Gasteiger partial charge in [-0.3, -0.25) is 5.73 Å². The second-order valence-electron chi connectivity index (χ2n) is 4.64. The van der Waals surface area contributed by atoms with Crippen LogP contribution < -0.4 is 11.1 Å². The minimum Gasteiger partial charge on any atom is -0.457 e. The zero-order valence-electron chi connectivity index (χ0n) is 11.3.